The second-order valence-electron chi connectivity index (χ2n) is 9.90. The highest BCUT2D eigenvalue weighted by atomic mass is 16.5. The van der Waals surface area contributed by atoms with E-state index in [1.807, 2.05) is 42.5 Å². The summed E-state index contributed by atoms with van der Waals surface area (Å²) in [5, 5.41) is 13.6. The summed E-state index contributed by atoms with van der Waals surface area (Å²) in [6.07, 6.45) is 1.67. The maximum atomic E-state index is 13.1. The summed E-state index contributed by atoms with van der Waals surface area (Å²) in [5.41, 5.74) is 5.95. The van der Waals surface area contributed by atoms with Crippen molar-refractivity contribution in [1.82, 2.24) is 19.9 Å². The van der Waals surface area contributed by atoms with Gasteiger partial charge in [0.1, 0.15) is 11.6 Å². The van der Waals surface area contributed by atoms with Gasteiger partial charge in [0, 0.05) is 54.9 Å². The zero-order valence-electron chi connectivity index (χ0n) is 22.4. The van der Waals surface area contributed by atoms with Crippen LogP contribution in [0.5, 0.6) is 11.6 Å². The van der Waals surface area contributed by atoms with Crippen LogP contribution in [0.2, 0.25) is 0 Å². The van der Waals surface area contributed by atoms with Gasteiger partial charge in [0.15, 0.2) is 0 Å². The number of piperazine rings is 1. The predicted molar refractivity (Wildman–Crippen MR) is 157 cm³/mol. The van der Waals surface area contributed by atoms with Crippen molar-refractivity contribution in [2.24, 2.45) is 0 Å². The lowest BCUT2D eigenvalue weighted by atomic mass is 10.0. The van der Waals surface area contributed by atoms with Gasteiger partial charge >= 0.3 is 0 Å². The molecule has 40 heavy (non-hydrogen) atoms. The molecule has 0 bridgehead atoms. The van der Waals surface area contributed by atoms with Crippen LogP contribution in [0.3, 0.4) is 0 Å². The average molecular weight is 535 g/mol. The van der Waals surface area contributed by atoms with Crippen LogP contribution in [0.1, 0.15) is 10.4 Å². The number of fused-ring (bicyclic) bond motifs is 1. The van der Waals surface area contributed by atoms with Gasteiger partial charge < -0.3 is 29.9 Å². The minimum Gasteiger partial charge on any atom is -0.507 e. The van der Waals surface area contributed by atoms with Crippen LogP contribution in [0.15, 0.2) is 79.0 Å². The Morgan fingerprint density at radius 3 is 2.55 bits per heavy atom. The van der Waals surface area contributed by atoms with Crippen LogP contribution in [0, 0.1) is 0 Å². The Morgan fingerprint density at radius 2 is 1.77 bits per heavy atom. The van der Waals surface area contributed by atoms with Crippen molar-refractivity contribution in [2.75, 3.05) is 50.6 Å². The molecule has 0 radical (unpaired) electrons. The van der Waals surface area contributed by atoms with Crippen molar-refractivity contribution in [3.05, 3.63) is 84.6 Å². The molecule has 9 nitrogen and oxygen atoms in total. The van der Waals surface area contributed by atoms with Gasteiger partial charge in [-0.15, -0.1) is 0 Å². The first-order valence-corrected chi connectivity index (χ1v) is 13.2. The van der Waals surface area contributed by atoms with Crippen molar-refractivity contribution < 1.29 is 14.6 Å². The number of hydrogen-bond donors (Lipinski definition) is 3. The van der Waals surface area contributed by atoms with E-state index in [-0.39, 0.29) is 11.7 Å². The Hall–Kier alpha value is -4.89. The number of carbonyl (C=O) groups excluding carboxylic acids is 1. The lowest BCUT2D eigenvalue weighted by Crippen LogP contribution is -2.44. The van der Waals surface area contributed by atoms with Gasteiger partial charge in [-0.2, -0.15) is 0 Å². The van der Waals surface area contributed by atoms with Gasteiger partial charge in [-0.3, -0.25) is 4.79 Å². The molecule has 1 aliphatic heterocycles. The van der Waals surface area contributed by atoms with E-state index < -0.39 is 0 Å². The number of anilines is 2. The molecule has 0 aliphatic carbocycles. The fraction of sp³-hybridized carbons (Fsp3) is 0.194. The summed E-state index contributed by atoms with van der Waals surface area (Å²) in [5.74, 6) is 0.866. The average Bonchev–Trinajstić information content (AvgIpc) is 3.41. The highest BCUT2D eigenvalue weighted by Crippen LogP contribution is 2.35. The van der Waals surface area contributed by atoms with Crippen LogP contribution in [0.4, 0.5) is 11.4 Å². The van der Waals surface area contributed by atoms with Gasteiger partial charge in [0.2, 0.25) is 5.88 Å². The molecule has 6 rings (SSSR count). The highest BCUT2D eigenvalue weighted by molar-refractivity contribution is 6.06. The molecule has 1 aliphatic rings. The van der Waals surface area contributed by atoms with Crippen molar-refractivity contribution in [3.8, 4) is 34.1 Å². The minimum absolute atomic E-state index is 0.0867. The smallest absolute Gasteiger partial charge is 0.255 e. The number of H-pyrrole nitrogens is 1. The van der Waals surface area contributed by atoms with Crippen LogP contribution < -0.4 is 15.0 Å². The Labute approximate surface area is 232 Å². The molecule has 9 heteroatoms. The zero-order chi connectivity index (χ0) is 27.6. The van der Waals surface area contributed by atoms with E-state index in [1.54, 1.807) is 43.6 Å². The van der Waals surface area contributed by atoms with E-state index in [1.165, 1.54) is 0 Å². The summed E-state index contributed by atoms with van der Waals surface area (Å²) < 4.78 is 5.40. The summed E-state index contributed by atoms with van der Waals surface area (Å²) >= 11 is 0. The Balaban J connectivity index is 1.21. The van der Waals surface area contributed by atoms with E-state index in [0.717, 1.165) is 48.7 Å². The fourth-order valence-electron chi connectivity index (χ4n) is 4.97. The topological polar surface area (TPSA) is 107 Å². The third-order valence-corrected chi connectivity index (χ3v) is 7.26. The van der Waals surface area contributed by atoms with Gasteiger partial charge in [-0.1, -0.05) is 6.07 Å². The van der Waals surface area contributed by atoms with Crippen LogP contribution >= 0.6 is 0 Å². The Bertz CT molecular complexity index is 1670. The van der Waals surface area contributed by atoms with Gasteiger partial charge in [-0.05, 0) is 79.3 Å². The zero-order valence-corrected chi connectivity index (χ0v) is 22.4. The van der Waals surface area contributed by atoms with E-state index >= 15 is 0 Å². The molecule has 1 fully saturated rings. The fourth-order valence-corrected chi connectivity index (χ4v) is 4.97. The molecule has 3 heterocycles. The van der Waals surface area contributed by atoms with Crippen molar-refractivity contribution in [3.63, 3.8) is 0 Å². The molecule has 0 saturated carbocycles. The summed E-state index contributed by atoms with van der Waals surface area (Å²) in [4.78, 5) is 29.9. The minimum atomic E-state index is -0.209. The first-order chi connectivity index (χ1) is 19.5. The number of amides is 1. The van der Waals surface area contributed by atoms with E-state index in [9.17, 15) is 9.90 Å². The molecule has 2 aromatic heterocycles. The van der Waals surface area contributed by atoms with Crippen molar-refractivity contribution in [2.45, 2.75) is 0 Å². The molecule has 0 atom stereocenters. The number of nitrogens with zero attached hydrogens (tertiary/aromatic N) is 4. The van der Waals surface area contributed by atoms with Gasteiger partial charge in [-0.25, -0.2) is 9.97 Å². The first kappa shape index (κ1) is 25.4. The van der Waals surface area contributed by atoms with E-state index in [0.29, 0.717) is 33.9 Å². The normalized spacial score (nSPS) is 13.9. The number of rotatable bonds is 6. The number of benzene rings is 3. The molecule has 3 N–H and O–H groups in total. The third-order valence-electron chi connectivity index (χ3n) is 7.26. The number of phenols is 1. The number of ether oxygens (including phenoxy) is 1. The number of hydrogen-bond acceptors (Lipinski definition) is 7. The number of likely N-dealkylation sites (N-methyl/N-ethyl adjacent to an activating group) is 1. The third kappa shape index (κ3) is 5.06. The summed E-state index contributed by atoms with van der Waals surface area (Å²) in [6, 6.07) is 22.3. The highest BCUT2D eigenvalue weighted by Gasteiger charge is 2.17. The van der Waals surface area contributed by atoms with E-state index in [4.69, 9.17) is 4.74 Å². The monoisotopic (exact) mass is 534 g/mol. The van der Waals surface area contributed by atoms with Gasteiger partial charge in [0.25, 0.3) is 5.91 Å². The van der Waals surface area contributed by atoms with Gasteiger partial charge in [0.05, 0.1) is 23.7 Å². The van der Waals surface area contributed by atoms with Crippen LogP contribution in [-0.2, 0) is 0 Å². The number of aromatic nitrogens is 3. The molecule has 0 spiro atoms. The molecular weight excluding hydrogens is 504 g/mol. The van der Waals surface area contributed by atoms with Crippen molar-refractivity contribution in [1.29, 1.82) is 0 Å². The van der Waals surface area contributed by atoms with Crippen LogP contribution in [0.25, 0.3) is 33.5 Å². The molecule has 1 saturated heterocycles. The summed E-state index contributed by atoms with van der Waals surface area (Å²) in [7, 11) is 3.71. The molecule has 5 aromatic rings. The Morgan fingerprint density at radius 1 is 0.975 bits per heavy atom. The molecular formula is C31H30N6O3. The Kier molecular flexibility index (Phi) is 6.79. The first-order valence-electron chi connectivity index (χ1n) is 13.2. The lowest BCUT2D eigenvalue weighted by Gasteiger charge is -2.34. The predicted octanol–water partition coefficient (Wildman–Crippen LogP) is 5.01. The quantitative estimate of drug-likeness (QED) is 0.281. The maximum absolute atomic E-state index is 13.1. The van der Waals surface area contributed by atoms with E-state index in [2.05, 4.69) is 37.1 Å². The number of imidazole rings is 1. The maximum Gasteiger partial charge on any atom is 0.255 e. The number of carbonyl (C=O) groups is 1. The lowest BCUT2D eigenvalue weighted by molar-refractivity contribution is 0.102. The number of methoxy groups -OCH3 is 1. The standard InChI is InChI=1S/C31H30N6O3/c1-36-14-16-37(17-15-36)23-9-7-22(8-10-23)33-30(39)21-5-11-26-27(19-21)35-29(34-26)25-18-20(6-12-28(25)38)24-4-3-13-32-31(24)40-2/h3-13,18-19,38H,14-17H2,1-2H3,(H,33,39)(H,34,35). The SMILES string of the molecule is COc1ncccc1-c1ccc(O)c(-c2nc3ccc(C(=O)Nc4ccc(N5CCN(C)CC5)cc4)cc3[nH]2)c1. The number of aromatic hydroxyl groups is 1. The molecule has 0 unspecified atom stereocenters. The number of aromatic amines is 1. The number of pyridine rings is 1. The second-order valence-corrected chi connectivity index (χ2v) is 9.90. The summed E-state index contributed by atoms with van der Waals surface area (Å²) in [6.45, 7) is 4.07. The number of phenolic OH excluding ortho intramolecular Hbond substituents is 1. The molecule has 202 valence electrons. The number of nitrogens with one attached hydrogen (secondary N) is 2. The van der Waals surface area contributed by atoms with Crippen LogP contribution in [-0.4, -0.2) is 71.2 Å². The second kappa shape index (κ2) is 10.7. The van der Waals surface area contributed by atoms with Crippen molar-refractivity contribution >= 4 is 28.3 Å². The molecule has 1 amide bonds. The molecule has 3 aromatic carbocycles. The largest absolute Gasteiger partial charge is 0.507 e.